The fraction of sp³-hybridized carbons (Fsp3) is 0.214. The molecule has 180 valence electrons. The van der Waals surface area contributed by atoms with Crippen molar-refractivity contribution in [2.75, 3.05) is 44.3 Å². The third kappa shape index (κ3) is 5.49. The van der Waals surface area contributed by atoms with Crippen molar-refractivity contribution < 1.29 is 4.79 Å². The summed E-state index contributed by atoms with van der Waals surface area (Å²) in [5, 5.41) is 3.78. The molecule has 5 rings (SSSR count). The summed E-state index contributed by atoms with van der Waals surface area (Å²) in [5.74, 6) is 6.30. The second-order valence-electron chi connectivity index (χ2n) is 8.90. The van der Waals surface area contributed by atoms with Crippen LogP contribution in [0.2, 0.25) is 0 Å². The van der Waals surface area contributed by atoms with E-state index in [1.54, 1.807) is 24.7 Å². The molecule has 3 aromatic heterocycles. The monoisotopic (exact) mass is 477 g/mol. The molecule has 1 saturated heterocycles. The molecule has 1 fully saturated rings. The fourth-order valence-electron chi connectivity index (χ4n) is 4.12. The summed E-state index contributed by atoms with van der Waals surface area (Å²) in [4.78, 5) is 30.3. The van der Waals surface area contributed by atoms with Crippen molar-refractivity contribution in [1.82, 2.24) is 24.8 Å². The Morgan fingerprint density at radius 3 is 2.64 bits per heavy atom. The van der Waals surface area contributed by atoms with Crippen molar-refractivity contribution >= 4 is 28.3 Å². The second kappa shape index (κ2) is 10.5. The molecule has 0 aliphatic carbocycles. The summed E-state index contributed by atoms with van der Waals surface area (Å²) in [5.41, 5.74) is 10.3. The molecule has 4 heterocycles. The van der Waals surface area contributed by atoms with Crippen LogP contribution in [-0.2, 0) is 6.54 Å². The number of hydrogen-bond donors (Lipinski definition) is 2. The summed E-state index contributed by atoms with van der Waals surface area (Å²) >= 11 is 0. The molecular weight excluding hydrogens is 450 g/mol. The summed E-state index contributed by atoms with van der Waals surface area (Å²) in [7, 11) is 2.16. The predicted octanol–water partition coefficient (Wildman–Crippen LogP) is 3.01. The van der Waals surface area contributed by atoms with E-state index in [-0.39, 0.29) is 5.91 Å². The third-order valence-corrected chi connectivity index (χ3v) is 6.23. The minimum atomic E-state index is -0.234. The van der Waals surface area contributed by atoms with Crippen LogP contribution in [0.5, 0.6) is 0 Å². The number of nitrogens with two attached hydrogens (primary N) is 1. The molecular formula is C28H27N7O. The minimum Gasteiger partial charge on any atom is -0.382 e. The molecule has 0 bridgehead atoms. The number of nitrogens with zero attached hydrogens (tertiary/aromatic N) is 5. The van der Waals surface area contributed by atoms with Gasteiger partial charge in [-0.2, -0.15) is 0 Å². The van der Waals surface area contributed by atoms with E-state index in [1.807, 2.05) is 24.3 Å². The first-order chi connectivity index (χ1) is 17.5. The van der Waals surface area contributed by atoms with Crippen molar-refractivity contribution in [2.24, 2.45) is 0 Å². The number of rotatable bonds is 4. The SMILES string of the molecule is CN1CCN(Cc2ccc(NC(=O)c3cncc(C#Cc4cnc(N)c5ncccc45)c3)cc2)CC1. The van der Waals surface area contributed by atoms with Crippen LogP contribution in [0.1, 0.15) is 27.0 Å². The molecule has 0 unspecified atom stereocenters. The number of benzene rings is 1. The first-order valence-electron chi connectivity index (χ1n) is 11.8. The molecule has 4 aromatic rings. The standard InChI is InChI=1S/C28H27N7O/c1-34-11-13-35(14-12-34)19-20-5-8-24(9-6-20)33-28(36)23-15-21(16-30-17-23)4-7-22-18-32-27(29)26-25(22)3-2-10-31-26/h2-3,5-6,8-10,15-18H,11-14,19H2,1H3,(H2,29,32)(H,33,36). The number of fused-ring (bicyclic) bond motifs is 1. The number of pyridine rings is 3. The van der Waals surface area contributed by atoms with E-state index in [0.29, 0.717) is 28.0 Å². The minimum absolute atomic E-state index is 0.234. The van der Waals surface area contributed by atoms with E-state index in [2.05, 4.69) is 61.1 Å². The van der Waals surface area contributed by atoms with Crippen molar-refractivity contribution in [3.05, 3.63) is 89.5 Å². The highest BCUT2D eigenvalue weighted by molar-refractivity contribution is 6.04. The van der Waals surface area contributed by atoms with E-state index in [9.17, 15) is 4.79 Å². The Hall–Kier alpha value is -4.32. The lowest BCUT2D eigenvalue weighted by Gasteiger charge is -2.32. The Balaban J connectivity index is 1.26. The molecule has 36 heavy (non-hydrogen) atoms. The summed E-state index contributed by atoms with van der Waals surface area (Å²) in [6, 6.07) is 13.5. The number of nitrogens with one attached hydrogen (secondary N) is 1. The third-order valence-electron chi connectivity index (χ3n) is 6.23. The van der Waals surface area contributed by atoms with Gasteiger partial charge in [-0.25, -0.2) is 4.98 Å². The molecule has 3 N–H and O–H groups in total. The highest BCUT2D eigenvalue weighted by Gasteiger charge is 2.14. The smallest absolute Gasteiger partial charge is 0.257 e. The lowest BCUT2D eigenvalue weighted by atomic mass is 10.1. The van der Waals surface area contributed by atoms with Crippen LogP contribution in [0.4, 0.5) is 11.5 Å². The Kier molecular flexibility index (Phi) is 6.85. The maximum Gasteiger partial charge on any atom is 0.257 e. The largest absolute Gasteiger partial charge is 0.382 e. The average Bonchev–Trinajstić information content (AvgIpc) is 2.91. The van der Waals surface area contributed by atoms with Crippen molar-refractivity contribution in [3.8, 4) is 11.8 Å². The van der Waals surface area contributed by atoms with Gasteiger partial charge < -0.3 is 16.0 Å². The number of amides is 1. The number of piperazine rings is 1. The van der Waals surface area contributed by atoms with Gasteiger partial charge in [0.1, 0.15) is 11.3 Å². The van der Waals surface area contributed by atoms with Gasteiger partial charge >= 0.3 is 0 Å². The summed E-state index contributed by atoms with van der Waals surface area (Å²) in [6.07, 6.45) is 6.46. The number of anilines is 2. The quantitative estimate of drug-likeness (QED) is 0.436. The van der Waals surface area contributed by atoms with Crippen LogP contribution in [0, 0.1) is 11.8 Å². The van der Waals surface area contributed by atoms with Crippen molar-refractivity contribution in [1.29, 1.82) is 0 Å². The normalized spacial score (nSPS) is 14.2. The zero-order valence-electron chi connectivity index (χ0n) is 20.1. The van der Waals surface area contributed by atoms with Crippen LogP contribution >= 0.6 is 0 Å². The molecule has 0 spiro atoms. The Labute approximate surface area is 210 Å². The van der Waals surface area contributed by atoms with Gasteiger partial charge in [0, 0.05) is 74.1 Å². The molecule has 1 aliphatic rings. The van der Waals surface area contributed by atoms with Crippen LogP contribution in [0.25, 0.3) is 10.9 Å². The van der Waals surface area contributed by atoms with Gasteiger partial charge in [0.2, 0.25) is 0 Å². The van der Waals surface area contributed by atoms with Crippen molar-refractivity contribution in [3.63, 3.8) is 0 Å². The summed E-state index contributed by atoms with van der Waals surface area (Å²) in [6.45, 7) is 5.25. The van der Waals surface area contributed by atoms with E-state index in [1.165, 1.54) is 11.8 Å². The highest BCUT2D eigenvalue weighted by atomic mass is 16.1. The number of nitrogen functional groups attached to an aromatic ring is 1. The van der Waals surface area contributed by atoms with E-state index in [0.717, 1.165) is 43.8 Å². The Morgan fingerprint density at radius 2 is 1.83 bits per heavy atom. The molecule has 1 amide bonds. The molecule has 1 aromatic carbocycles. The van der Waals surface area contributed by atoms with Gasteiger partial charge in [-0.15, -0.1) is 0 Å². The van der Waals surface area contributed by atoms with E-state index in [4.69, 9.17) is 5.73 Å². The molecule has 0 atom stereocenters. The van der Waals surface area contributed by atoms with Gasteiger partial charge in [-0.1, -0.05) is 24.0 Å². The Morgan fingerprint density at radius 1 is 1.03 bits per heavy atom. The number of carbonyl (C=O) groups excluding carboxylic acids is 1. The summed E-state index contributed by atoms with van der Waals surface area (Å²) < 4.78 is 0. The number of hydrogen-bond acceptors (Lipinski definition) is 7. The Bertz CT molecular complexity index is 1450. The van der Waals surface area contributed by atoms with Crippen LogP contribution in [0.15, 0.2) is 67.3 Å². The topological polar surface area (TPSA) is 100 Å². The molecule has 0 radical (unpaired) electrons. The number of aromatic nitrogens is 3. The highest BCUT2D eigenvalue weighted by Crippen LogP contribution is 2.19. The van der Waals surface area contributed by atoms with Gasteiger partial charge in [0.25, 0.3) is 5.91 Å². The van der Waals surface area contributed by atoms with Gasteiger partial charge in [-0.3, -0.25) is 19.7 Å². The predicted molar refractivity (Wildman–Crippen MR) is 141 cm³/mol. The zero-order chi connectivity index (χ0) is 24.9. The van der Waals surface area contributed by atoms with Gasteiger partial charge in [0.15, 0.2) is 0 Å². The van der Waals surface area contributed by atoms with Crippen molar-refractivity contribution in [2.45, 2.75) is 6.54 Å². The maximum absolute atomic E-state index is 12.8. The molecule has 8 nitrogen and oxygen atoms in total. The molecule has 0 saturated carbocycles. The second-order valence-corrected chi connectivity index (χ2v) is 8.90. The van der Waals surface area contributed by atoms with Gasteiger partial charge in [0.05, 0.1) is 11.1 Å². The number of carbonyl (C=O) groups is 1. The van der Waals surface area contributed by atoms with E-state index >= 15 is 0 Å². The molecule has 1 aliphatic heterocycles. The fourth-order valence-corrected chi connectivity index (χ4v) is 4.12. The maximum atomic E-state index is 12.8. The number of likely N-dealkylation sites (N-methyl/N-ethyl adjacent to an activating group) is 1. The van der Waals surface area contributed by atoms with Crippen LogP contribution < -0.4 is 11.1 Å². The average molecular weight is 478 g/mol. The lowest BCUT2D eigenvalue weighted by molar-refractivity contribution is 0.102. The first-order valence-corrected chi connectivity index (χ1v) is 11.8. The lowest BCUT2D eigenvalue weighted by Crippen LogP contribution is -2.43. The van der Waals surface area contributed by atoms with Crippen LogP contribution in [-0.4, -0.2) is 63.9 Å². The molecule has 8 heteroatoms. The van der Waals surface area contributed by atoms with Crippen LogP contribution in [0.3, 0.4) is 0 Å². The first kappa shape index (κ1) is 23.4. The van der Waals surface area contributed by atoms with Gasteiger partial charge in [-0.05, 0) is 42.9 Å². The van der Waals surface area contributed by atoms with E-state index < -0.39 is 0 Å². The zero-order valence-corrected chi connectivity index (χ0v) is 20.1.